The van der Waals surface area contributed by atoms with E-state index >= 15 is 0 Å². The lowest BCUT2D eigenvalue weighted by Gasteiger charge is -2.30. The number of hydrogen-bond acceptors (Lipinski definition) is 4. The molecule has 6 heteroatoms. The van der Waals surface area contributed by atoms with Gasteiger partial charge >= 0.3 is 0 Å². The highest BCUT2D eigenvalue weighted by Crippen LogP contribution is 2.27. The van der Waals surface area contributed by atoms with Gasteiger partial charge in [-0.15, -0.1) is 0 Å². The van der Waals surface area contributed by atoms with Crippen LogP contribution in [0.2, 0.25) is 0 Å². The Labute approximate surface area is 149 Å². The molecule has 1 aliphatic rings. The third-order valence-corrected chi connectivity index (χ3v) is 5.92. The standard InChI is InChI=1S/C19H21N3O2S/c1-2-22-11-3-4-17-12-16(7-10-19(17)22)14-21-25(23,24)18-8-5-15(13-20)6-9-18/h5-10,12,21H,2-4,11,14H2,1H3. The molecule has 3 rings (SSSR count). The smallest absolute Gasteiger partial charge is 0.240 e. The monoisotopic (exact) mass is 355 g/mol. The van der Waals surface area contributed by atoms with Gasteiger partial charge in [0.05, 0.1) is 16.5 Å². The van der Waals surface area contributed by atoms with E-state index in [0.717, 1.165) is 31.5 Å². The summed E-state index contributed by atoms with van der Waals surface area (Å²) in [5, 5.41) is 8.80. The first kappa shape index (κ1) is 17.5. The van der Waals surface area contributed by atoms with Crippen LogP contribution in [0.4, 0.5) is 5.69 Å². The van der Waals surface area contributed by atoms with Gasteiger partial charge in [-0.05, 0) is 61.2 Å². The number of rotatable bonds is 5. The van der Waals surface area contributed by atoms with Crippen molar-refractivity contribution in [2.24, 2.45) is 0 Å². The Balaban J connectivity index is 1.73. The molecule has 2 aromatic carbocycles. The first-order valence-corrected chi connectivity index (χ1v) is 9.88. The molecule has 1 heterocycles. The molecule has 0 unspecified atom stereocenters. The van der Waals surface area contributed by atoms with E-state index in [1.165, 1.54) is 35.5 Å². The van der Waals surface area contributed by atoms with Crippen LogP contribution in [0, 0.1) is 11.3 Å². The quantitative estimate of drug-likeness (QED) is 0.895. The molecule has 0 radical (unpaired) electrons. The highest BCUT2D eigenvalue weighted by atomic mass is 32.2. The molecule has 0 aromatic heterocycles. The third kappa shape index (κ3) is 3.84. The topological polar surface area (TPSA) is 73.2 Å². The minimum Gasteiger partial charge on any atom is -0.372 e. The lowest BCUT2D eigenvalue weighted by atomic mass is 9.99. The van der Waals surface area contributed by atoms with Gasteiger partial charge in [-0.25, -0.2) is 13.1 Å². The van der Waals surface area contributed by atoms with Crippen LogP contribution in [0.5, 0.6) is 0 Å². The molecular weight excluding hydrogens is 334 g/mol. The summed E-state index contributed by atoms with van der Waals surface area (Å²) in [5.41, 5.74) is 3.93. The number of benzene rings is 2. The maximum Gasteiger partial charge on any atom is 0.240 e. The summed E-state index contributed by atoms with van der Waals surface area (Å²) < 4.78 is 27.4. The van der Waals surface area contributed by atoms with Crippen LogP contribution in [-0.2, 0) is 23.0 Å². The molecule has 25 heavy (non-hydrogen) atoms. The average Bonchev–Trinajstić information content (AvgIpc) is 2.65. The second-order valence-corrected chi connectivity index (χ2v) is 7.87. The summed E-state index contributed by atoms with van der Waals surface area (Å²) in [7, 11) is -3.59. The van der Waals surface area contributed by atoms with Crippen molar-refractivity contribution in [3.05, 3.63) is 59.2 Å². The normalized spacial score (nSPS) is 14.0. The lowest BCUT2D eigenvalue weighted by molar-refractivity contribution is 0.581. The van der Waals surface area contributed by atoms with Crippen molar-refractivity contribution < 1.29 is 8.42 Å². The van der Waals surface area contributed by atoms with Crippen LogP contribution in [0.3, 0.4) is 0 Å². The Hall–Kier alpha value is -2.36. The van der Waals surface area contributed by atoms with Crippen LogP contribution in [0.15, 0.2) is 47.4 Å². The summed E-state index contributed by atoms with van der Waals surface area (Å²) in [6, 6.07) is 14.1. The van der Waals surface area contributed by atoms with Crippen LogP contribution < -0.4 is 9.62 Å². The van der Waals surface area contributed by atoms with Crippen molar-refractivity contribution in [1.29, 1.82) is 5.26 Å². The van der Waals surface area contributed by atoms with Gasteiger partial charge in [0.25, 0.3) is 0 Å². The van der Waals surface area contributed by atoms with Gasteiger partial charge in [-0.1, -0.05) is 12.1 Å². The van der Waals surface area contributed by atoms with Crippen molar-refractivity contribution in [3.8, 4) is 6.07 Å². The second kappa shape index (κ2) is 7.26. The number of aryl methyl sites for hydroxylation is 1. The average molecular weight is 355 g/mol. The van der Waals surface area contributed by atoms with Crippen LogP contribution in [-0.4, -0.2) is 21.5 Å². The Morgan fingerprint density at radius 2 is 1.96 bits per heavy atom. The van der Waals surface area contributed by atoms with E-state index < -0.39 is 10.0 Å². The van der Waals surface area contributed by atoms with E-state index in [-0.39, 0.29) is 11.4 Å². The van der Waals surface area contributed by atoms with Crippen molar-refractivity contribution in [3.63, 3.8) is 0 Å². The lowest BCUT2D eigenvalue weighted by Crippen LogP contribution is -2.29. The number of hydrogen-bond donors (Lipinski definition) is 1. The fourth-order valence-electron chi connectivity index (χ4n) is 3.14. The van der Waals surface area contributed by atoms with E-state index in [9.17, 15) is 8.42 Å². The molecule has 130 valence electrons. The number of fused-ring (bicyclic) bond motifs is 1. The van der Waals surface area contributed by atoms with Crippen molar-refractivity contribution in [1.82, 2.24) is 4.72 Å². The van der Waals surface area contributed by atoms with Crippen LogP contribution in [0.25, 0.3) is 0 Å². The second-order valence-electron chi connectivity index (χ2n) is 6.11. The fourth-order valence-corrected chi connectivity index (χ4v) is 4.15. The van der Waals surface area contributed by atoms with E-state index in [4.69, 9.17) is 5.26 Å². The molecule has 0 saturated carbocycles. The van der Waals surface area contributed by atoms with E-state index in [0.29, 0.717) is 5.56 Å². The Morgan fingerprint density at radius 3 is 2.64 bits per heavy atom. The molecule has 1 aliphatic heterocycles. The first-order valence-electron chi connectivity index (χ1n) is 8.40. The Morgan fingerprint density at radius 1 is 1.20 bits per heavy atom. The molecular formula is C19H21N3O2S. The van der Waals surface area contributed by atoms with Crippen molar-refractivity contribution in [2.75, 3.05) is 18.0 Å². The highest BCUT2D eigenvalue weighted by molar-refractivity contribution is 7.89. The predicted octanol–water partition coefficient (Wildman–Crippen LogP) is 2.81. The van der Waals surface area contributed by atoms with Gasteiger partial charge in [0.1, 0.15) is 0 Å². The Bertz CT molecular complexity index is 899. The van der Waals surface area contributed by atoms with Crippen molar-refractivity contribution in [2.45, 2.75) is 31.2 Å². The number of anilines is 1. The third-order valence-electron chi connectivity index (χ3n) is 4.50. The molecule has 0 saturated heterocycles. The zero-order valence-corrected chi connectivity index (χ0v) is 15.0. The first-order chi connectivity index (χ1) is 12.0. The summed E-state index contributed by atoms with van der Waals surface area (Å²) in [5.74, 6) is 0. The van der Waals surface area contributed by atoms with Gasteiger partial charge in [0, 0.05) is 25.3 Å². The molecule has 0 amide bonds. The van der Waals surface area contributed by atoms with E-state index in [1.807, 2.05) is 12.1 Å². The van der Waals surface area contributed by atoms with E-state index in [1.54, 1.807) is 0 Å². The van der Waals surface area contributed by atoms with Gasteiger partial charge in [0.15, 0.2) is 0 Å². The van der Waals surface area contributed by atoms with E-state index in [2.05, 4.69) is 28.7 Å². The fraction of sp³-hybridized carbons (Fsp3) is 0.316. The zero-order chi connectivity index (χ0) is 17.9. The molecule has 0 spiro atoms. The SMILES string of the molecule is CCN1CCCc2cc(CNS(=O)(=O)c3ccc(C#N)cc3)ccc21. The zero-order valence-electron chi connectivity index (χ0n) is 14.2. The molecule has 0 atom stereocenters. The number of nitriles is 1. The largest absolute Gasteiger partial charge is 0.372 e. The molecule has 0 fully saturated rings. The molecule has 2 aromatic rings. The summed E-state index contributed by atoms with van der Waals surface area (Å²) >= 11 is 0. The minimum atomic E-state index is -3.59. The van der Waals surface area contributed by atoms with Crippen LogP contribution >= 0.6 is 0 Å². The maximum absolute atomic E-state index is 12.4. The number of sulfonamides is 1. The van der Waals surface area contributed by atoms with Crippen LogP contribution in [0.1, 0.15) is 30.0 Å². The molecule has 1 N–H and O–H groups in total. The maximum atomic E-state index is 12.4. The van der Waals surface area contributed by atoms with Gasteiger partial charge in [0.2, 0.25) is 10.0 Å². The summed E-state index contributed by atoms with van der Waals surface area (Å²) in [4.78, 5) is 2.52. The predicted molar refractivity (Wildman–Crippen MR) is 97.8 cm³/mol. The minimum absolute atomic E-state index is 0.168. The van der Waals surface area contributed by atoms with Crippen molar-refractivity contribution >= 4 is 15.7 Å². The number of nitrogens with one attached hydrogen (secondary N) is 1. The molecule has 0 bridgehead atoms. The number of nitrogens with zero attached hydrogens (tertiary/aromatic N) is 2. The highest BCUT2D eigenvalue weighted by Gasteiger charge is 2.17. The van der Waals surface area contributed by atoms with Gasteiger partial charge < -0.3 is 4.90 Å². The molecule has 0 aliphatic carbocycles. The summed E-state index contributed by atoms with van der Waals surface area (Å²) in [6.45, 7) is 4.46. The summed E-state index contributed by atoms with van der Waals surface area (Å²) in [6.07, 6.45) is 2.16. The molecule has 5 nitrogen and oxygen atoms in total. The van der Waals surface area contributed by atoms with Gasteiger partial charge in [-0.3, -0.25) is 0 Å². The Kier molecular flexibility index (Phi) is 5.07. The van der Waals surface area contributed by atoms with Gasteiger partial charge in [-0.2, -0.15) is 5.26 Å².